The summed E-state index contributed by atoms with van der Waals surface area (Å²) in [6, 6.07) is 9.64. The molecule has 3 atom stereocenters. The van der Waals surface area contributed by atoms with Crippen molar-refractivity contribution in [3.8, 4) is 0 Å². The van der Waals surface area contributed by atoms with Crippen molar-refractivity contribution in [2.24, 2.45) is 5.92 Å². The Morgan fingerprint density at radius 2 is 1.95 bits per heavy atom. The third-order valence-corrected chi connectivity index (χ3v) is 5.07. The molecule has 3 unspecified atom stereocenters. The maximum atomic E-state index is 5.98. The lowest BCUT2D eigenvalue weighted by Crippen LogP contribution is -2.34. The lowest BCUT2D eigenvalue weighted by atomic mass is 9.79. The summed E-state index contributed by atoms with van der Waals surface area (Å²) in [5, 5.41) is 3.62. The molecule has 0 bridgehead atoms. The molecule has 1 aromatic rings. The first kappa shape index (κ1) is 14.1. The molecule has 1 heterocycles. The summed E-state index contributed by atoms with van der Waals surface area (Å²) in [6.07, 6.45) is 5.66. The second-order valence-corrected chi connectivity index (χ2v) is 6.43. The van der Waals surface area contributed by atoms with Crippen molar-refractivity contribution in [3.05, 3.63) is 35.4 Å². The minimum atomic E-state index is 0.324. The second-order valence-electron chi connectivity index (χ2n) is 6.43. The van der Waals surface area contributed by atoms with Gasteiger partial charge in [0.15, 0.2) is 0 Å². The average Bonchev–Trinajstić information content (AvgIpc) is 2.81. The average molecular weight is 273 g/mol. The van der Waals surface area contributed by atoms with Gasteiger partial charge in [-0.3, -0.25) is 0 Å². The van der Waals surface area contributed by atoms with Gasteiger partial charge in [-0.2, -0.15) is 0 Å². The predicted molar refractivity (Wildman–Crippen MR) is 83.0 cm³/mol. The van der Waals surface area contributed by atoms with Crippen molar-refractivity contribution < 1.29 is 4.74 Å². The van der Waals surface area contributed by atoms with E-state index < -0.39 is 0 Å². The van der Waals surface area contributed by atoms with Gasteiger partial charge < -0.3 is 10.1 Å². The summed E-state index contributed by atoms with van der Waals surface area (Å²) in [6.45, 7) is 6.38. The SMILES string of the molecule is CCNC(c1ccc(C2CCC2)cc1)C1OCCC1C. The van der Waals surface area contributed by atoms with Crippen LogP contribution in [0, 0.1) is 5.92 Å². The van der Waals surface area contributed by atoms with Gasteiger partial charge in [0, 0.05) is 6.61 Å². The van der Waals surface area contributed by atoms with E-state index in [-0.39, 0.29) is 0 Å². The van der Waals surface area contributed by atoms with Gasteiger partial charge in [0.2, 0.25) is 0 Å². The fraction of sp³-hybridized carbons (Fsp3) is 0.667. The second kappa shape index (κ2) is 6.28. The first-order valence-corrected chi connectivity index (χ1v) is 8.24. The quantitative estimate of drug-likeness (QED) is 0.874. The standard InChI is InChI=1S/C18H27NO/c1-3-19-17(18-13(2)11-12-20-18)16-9-7-15(8-10-16)14-5-4-6-14/h7-10,13-14,17-19H,3-6,11-12H2,1-2H3. The van der Waals surface area contributed by atoms with Crippen LogP contribution in [0.1, 0.15) is 62.6 Å². The first-order chi connectivity index (χ1) is 9.79. The van der Waals surface area contributed by atoms with E-state index in [9.17, 15) is 0 Å². The highest BCUT2D eigenvalue weighted by Gasteiger charge is 2.32. The predicted octanol–water partition coefficient (Wildman–Crippen LogP) is 4.03. The molecule has 1 aliphatic carbocycles. The Bertz CT molecular complexity index is 424. The molecule has 3 rings (SSSR count). The number of hydrogen-bond acceptors (Lipinski definition) is 2. The summed E-state index contributed by atoms with van der Waals surface area (Å²) in [5.74, 6) is 1.47. The molecular weight excluding hydrogens is 246 g/mol. The molecule has 2 aliphatic rings. The van der Waals surface area contributed by atoms with E-state index in [1.807, 2.05) is 0 Å². The lowest BCUT2D eigenvalue weighted by molar-refractivity contribution is 0.0612. The van der Waals surface area contributed by atoms with Gasteiger partial charge in [0.1, 0.15) is 0 Å². The maximum Gasteiger partial charge on any atom is 0.0795 e. The van der Waals surface area contributed by atoms with Crippen molar-refractivity contribution >= 4 is 0 Å². The molecule has 2 heteroatoms. The van der Waals surface area contributed by atoms with Crippen LogP contribution in [0.25, 0.3) is 0 Å². The van der Waals surface area contributed by atoms with Crippen LogP contribution in [-0.2, 0) is 4.74 Å². The van der Waals surface area contributed by atoms with E-state index in [1.54, 1.807) is 0 Å². The van der Waals surface area contributed by atoms with Crippen LogP contribution < -0.4 is 5.32 Å². The molecule has 2 fully saturated rings. The topological polar surface area (TPSA) is 21.3 Å². The van der Waals surface area contributed by atoms with E-state index in [4.69, 9.17) is 4.74 Å². The van der Waals surface area contributed by atoms with Crippen molar-refractivity contribution in [2.45, 2.75) is 57.6 Å². The molecule has 1 aromatic carbocycles. The molecular formula is C18H27NO. The van der Waals surface area contributed by atoms with Gasteiger partial charge in [-0.05, 0) is 48.8 Å². The summed E-state index contributed by atoms with van der Waals surface area (Å²) in [4.78, 5) is 0. The number of rotatable bonds is 5. The van der Waals surface area contributed by atoms with Gasteiger partial charge in [-0.15, -0.1) is 0 Å². The van der Waals surface area contributed by atoms with Crippen LogP contribution in [0.15, 0.2) is 24.3 Å². The fourth-order valence-electron chi connectivity index (χ4n) is 3.50. The Balaban J connectivity index is 1.76. The minimum absolute atomic E-state index is 0.324. The van der Waals surface area contributed by atoms with Crippen LogP contribution in [-0.4, -0.2) is 19.3 Å². The number of likely N-dealkylation sites (N-methyl/N-ethyl adjacent to an activating group) is 1. The van der Waals surface area contributed by atoms with Crippen molar-refractivity contribution in [3.63, 3.8) is 0 Å². The van der Waals surface area contributed by atoms with Gasteiger partial charge in [-0.25, -0.2) is 0 Å². The highest BCUT2D eigenvalue weighted by Crippen LogP contribution is 2.37. The highest BCUT2D eigenvalue weighted by atomic mass is 16.5. The molecule has 1 aliphatic heterocycles. The van der Waals surface area contributed by atoms with E-state index >= 15 is 0 Å². The Labute approximate surface area is 122 Å². The zero-order chi connectivity index (χ0) is 13.9. The molecule has 1 N–H and O–H groups in total. The molecule has 0 spiro atoms. The van der Waals surface area contributed by atoms with Crippen LogP contribution in [0.2, 0.25) is 0 Å². The molecule has 110 valence electrons. The fourth-order valence-corrected chi connectivity index (χ4v) is 3.50. The molecule has 2 nitrogen and oxygen atoms in total. The Morgan fingerprint density at radius 3 is 2.45 bits per heavy atom. The van der Waals surface area contributed by atoms with Crippen LogP contribution in [0.3, 0.4) is 0 Å². The normalized spacial score (nSPS) is 28.3. The largest absolute Gasteiger partial charge is 0.376 e. The van der Waals surface area contributed by atoms with E-state index in [1.165, 1.54) is 36.8 Å². The van der Waals surface area contributed by atoms with Crippen LogP contribution in [0.4, 0.5) is 0 Å². The molecule has 1 saturated heterocycles. The summed E-state index contributed by atoms with van der Waals surface area (Å²) < 4.78 is 5.98. The van der Waals surface area contributed by atoms with E-state index in [0.717, 1.165) is 19.1 Å². The summed E-state index contributed by atoms with van der Waals surface area (Å²) in [7, 11) is 0. The smallest absolute Gasteiger partial charge is 0.0795 e. The molecule has 0 radical (unpaired) electrons. The van der Waals surface area contributed by atoms with Gasteiger partial charge in [0.25, 0.3) is 0 Å². The minimum Gasteiger partial charge on any atom is -0.376 e. The maximum absolute atomic E-state index is 5.98. The molecule has 20 heavy (non-hydrogen) atoms. The zero-order valence-electron chi connectivity index (χ0n) is 12.8. The summed E-state index contributed by atoms with van der Waals surface area (Å²) >= 11 is 0. The third kappa shape index (κ3) is 2.77. The van der Waals surface area contributed by atoms with E-state index in [2.05, 4.69) is 43.4 Å². The molecule has 1 saturated carbocycles. The Morgan fingerprint density at radius 1 is 1.20 bits per heavy atom. The summed E-state index contributed by atoms with van der Waals surface area (Å²) in [5.41, 5.74) is 2.91. The van der Waals surface area contributed by atoms with Crippen molar-refractivity contribution in [1.82, 2.24) is 5.32 Å². The van der Waals surface area contributed by atoms with Gasteiger partial charge in [-0.1, -0.05) is 44.5 Å². The Kier molecular flexibility index (Phi) is 4.42. The highest BCUT2D eigenvalue weighted by molar-refractivity contribution is 5.29. The molecule has 0 amide bonds. The monoisotopic (exact) mass is 273 g/mol. The van der Waals surface area contributed by atoms with Crippen molar-refractivity contribution in [2.75, 3.05) is 13.2 Å². The van der Waals surface area contributed by atoms with E-state index in [0.29, 0.717) is 18.1 Å². The van der Waals surface area contributed by atoms with Crippen LogP contribution in [0.5, 0.6) is 0 Å². The third-order valence-electron chi connectivity index (χ3n) is 5.07. The molecule has 0 aromatic heterocycles. The number of ether oxygens (including phenoxy) is 1. The van der Waals surface area contributed by atoms with Gasteiger partial charge in [0.05, 0.1) is 12.1 Å². The van der Waals surface area contributed by atoms with Crippen LogP contribution >= 0.6 is 0 Å². The lowest BCUT2D eigenvalue weighted by Gasteiger charge is -2.29. The number of nitrogens with one attached hydrogen (secondary N) is 1. The van der Waals surface area contributed by atoms with Gasteiger partial charge >= 0.3 is 0 Å². The Hall–Kier alpha value is -0.860. The number of benzene rings is 1. The van der Waals surface area contributed by atoms with Crippen molar-refractivity contribution in [1.29, 1.82) is 0 Å². The number of hydrogen-bond donors (Lipinski definition) is 1. The zero-order valence-corrected chi connectivity index (χ0v) is 12.8. The first-order valence-electron chi connectivity index (χ1n) is 8.24.